The Morgan fingerprint density at radius 1 is 1.38 bits per heavy atom. The number of nitrogens with one attached hydrogen (secondary N) is 1. The predicted molar refractivity (Wildman–Crippen MR) is 109 cm³/mol. The van der Waals surface area contributed by atoms with Crippen LogP contribution in [0.1, 0.15) is 32.8 Å². The van der Waals surface area contributed by atoms with Gasteiger partial charge in [0.2, 0.25) is 0 Å². The van der Waals surface area contributed by atoms with Crippen molar-refractivity contribution in [1.82, 2.24) is 5.32 Å². The Balaban J connectivity index is 0.00000169. The van der Waals surface area contributed by atoms with Crippen molar-refractivity contribution in [1.29, 1.82) is 0 Å². The fourth-order valence-electron chi connectivity index (χ4n) is 4.67. The zero-order valence-corrected chi connectivity index (χ0v) is 17.1. The van der Waals surface area contributed by atoms with Gasteiger partial charge in [0.05, 0.1) is 6.10 Å². The zero-order chi connectivity index (χ0) is 16.0. The van der Waals surface area contributed by atoms with Gasteiger partial charge in [-0.1, -0.05) is 32.0 Å². The van der Waals surface area contributed by atoms with Crippen LogP contribution in [0.2, 0.25) is 0 Å². The van der Waals surface area contributed by atoms with Gasteiger partial charge in [0.15, 0.2) is 5.96 Å². The number of para-hydroxylation sites is 1. The van der Waals surface area contributed by atoms with Crippen molar-refractivity contribution in [2.45, 2.75) is 45.8 Å². The van der Waals surface area contributed by atoms with E-state index in [0.717, 1.165) is 32.1 Å². The van der Waals surface area contributed by atoms with E-state index < -0.39 is 0 Å². The third-order valence-corrected chi connectivity index (χ3v) is 5.84. The monoisotopic (exact) mass is 441 g/mol. The summed E-state index contributed by atoms with van der Waals surface area (Å²) in [4.78, 5) is 7.16. The molecule has 4 rings (SSSR count). The standard InChI is InChI=1S/C19H27N3O.HI/c1-4-20-18(22-11-9-13-7-5-6-8-15(13)22)21-16-14-10-12-23-17(14)19(16,2)3;/h5-8,14,16-17H,4,9-12H2,1-3H3,(H,20,21);1H. The second-order valence-corrected chi connectivity index (χ2v) is 7.52. The van der Waals surface area contributed by atoms with Crippen molar-refractivity contribution in [3.63, 3.8) is 0 Å². The minimum atomic E-state index is 0. The Hall–Kier alpha value is -0.820. The van der Waals surface area contributed by atoms with Gasteiger partial charge >= 0.3 is 0 Å². The molecule has 0 amide bonds. The minimum absolute atomic E-state index is 0. The van der Waals surface area contributed by atoms with Gasteiger partial charge in [0, 0.05) is 42.8 Å². The van der Waals surface area contributed by atoms with Crippen molar-refractivity contribution >= 4 is 35.6 Å². The molecule has 0 radical (unpaired) electrons. The highest BCUT2D eigenvalue weighted by atomic mass is 127. The lowest BCUT2D eigenvalue weighted by Crippen LogP contribution is -2.68. The second kappa shape index (κ2) is 6.83. The van der Waals surface area contributed by atoms with E-state index in [0.29, 0.717) is 18.1 Å². The van der Waals surface area contributed by atoms with Crippen molar-refractivity contribution < 1.29 is 4.74 Å². The molecule has 1 aromatic carbocycles. The first-order chi connectivity index (χ1) is 11.1. The zero-order valence-electron chi connectivity index (χ0n) is 14.8. The topological polar surface area (TPSA) is 36.9 Å². The number of benzene rings is 1. The molecule has 24 heavy (non-hydrogen) atoms. The molecule has 1 saturated heterocycles. The summed E-state index contributed by atoms with van der Waals surface area (Å²) >= 11 is 0. The number of aliphatic imine (C=N–C) groups is 1. The number of hydrogen-bond acceptors (Lipinski definition) is 2. The van der Waals surface area contributed by atoms with Gasteiger partial charge in [0.1, 0.15) is 0 Å². The molecule has 3 atom stereocenters. The van der Waals surface area contributed by atoms with Gasteiger partial charge in [-0.2, -0.15) is 0 Å². The Morgan fingerprint density at radius 3 is 2.96 bits per heavy atom. The average molecular weight is 441 g/mol. The van der Waals surface area contributed by atoms with Gasteiger partial charge < -0.3 is 15.0 Å². The molecule has 4 nitrogen and oxygen atoms in total. The lowest BCUT2D eigenvalue weighted by Gasteiger charge is -2.55. The smallest absolute Gasteiger partial charge is 0.198 e. The molecule has 1 N–H and O–H groups in total. The van der Waals surface area contributed by atoms with Crippen LogP contribution in [-0.2, 0) is 11.2 Å². The number of hydrogen-bond donors (Lipinski definition) is 1. The van der Waals surface area contributed by atoms with Crippen LogP contribution in [0.5, 0.6) is 0 Å². The average Bonchev–Trinajstić information content (AvgIpc) is 3.17. The van der Waals surface area contributed by atoms with Crippen LogP contribution in [0.4, 0.5) is 5.69 Å². The molecule has 3 unspecified atom stereocenters. The molecule has 0 spiro atoms. The highest BCUT2D eigenvalue weighted by Gasteiger charge is 2.59. The van der Waals surface area contributed by atoms with Crippen LogP contribution in [0.3, 0.4) is 0 Å². The molecule has 132 valence electrons. The molecule has 5 heteroatoms. The van der Waals surface area contributed by atoms with E-state index in [4.69, 9.17) is 9.73 Å². The van der Waals surface area contributed by atoms with Crippen LogP contribution >= 0.6 is 24.0 Å². The number of guanidine groups is 1. The molecule has 2 aliphatic heterocycles. The summed E-state index contributed by atoms with van der Waals surface area (Å²) in [6.45, 7) is 9.47. The van der Waals surface area contributed by atoms with Crippen LogP contribution in [-0.4, -0.2) is 37.8 Å². The van der Waals surface area contributed by atoms with Gasteiger partial charge in [-0.15, -0.1) is 24.0 Å². The van der Waals surface area contributed by atoms with E-state index in [1.165, 1.54) is 17.7 Å². The normalized spacial score (nSPS) is 30.2. The second-order valence-electron chi connectivity index (χ2n) is 7.52. The van der Waals surface area contributed by atoms with E-state index >= 15 is 0 Å². The number of nitrogens with zero attached hydrogens (tertiary/aromatic N) is 2. The molecule has 0 aromatic heterocycles. The number of fused-ring (bicyclic) bond motifs is 2. The SMILES string of the molecule is CCN=C(NC1C2CCOC2C1(C)C)N1CCc2ccccc21.I. The molecular weight excluding hydrogens is 413 g/mol. The third kappa shape index (κ3) is 2.73. The maximum absolute atomic E-state index is 5.93. The van der Waals surface area contributed by atoms with Gasteiger partial charge in [-0.05, 0) is 31.4 Å². The summed E-state index contributed by atoms with van der Waals surface area (Å²) in [5.41, 5.74) is 2.91. The summed E-state index contributed by atoms with van der Waals surface area (Å²) in [5.74, 6) is 1.67. The summed E-state index contributed by atoms with van der Waals surface area (Å²) < 4.78 is 5.93. The number of ether oxygens (including phenoxy) is 1. The molecule has 1 aliphatic carbocycles. The van der Waals surface area contributed by atoms with Gasteiger partial charge in [-0.3, -0.25) is 4.99 Å². The fraction of sp³-hybridized carbons (Fsp3) is 0.632. The van der Waals surface area contributed by atoms with E-state index in [2.05, 4.69) is 55.3 Å². The quantitative estimate of drug-likeness (QED) is 0.434. The summed E-state index contributed by atoms with van der Waals surface area (Å²) in [6, 6.07) is 9.14. The first-order valence-electron chi connectivity index (χ1n) is 8.91. The number of halogens is 1. The van der Waals surface area contributed by atoms with Crippen molar-refractivity contribution in [2.24, 2.45) is 16.3 Å². The minimum Gasteiger partial charge on any atom is -0.377 e. The maximum atomic E-state index is 5.93. The number of anilines is 1. The Labute approximate surface area is 162 Å². The van der Waals surface area contributed by atoms with Crippen molar-refractivity contribution in [2.75, 3.05) is 24.6 Å². The Morgan fingerprint density at radius 2 is 2.17 bits per heavy atom. The highest BCUT2D eigenvalue weighted by molar-refractivity contribution is 14.0. The van der Waals surface area contributed by atoms with Gasteiger partial charge in [0.25, 0.3) is 0 Å². The molecule has 2 heterocycles. The van der Waals surface area contributed by atoms with Crippen LogP contribution in [0, 0.1) is 11.3 Å². The van der Waals surface area contributed by atoms with E-state index in [-0.39, 0.29) is 29.4 Å². The molecule has 3 aliphatic rings. The maximum Gasteiger partial charge on any atom is 0.198 e. The van der Waals surface area contributed by atoms with Crippen LogP contribution in [0.15, 0.2) is 29.3 Å². The summed E-state index contributed by atoms with van der Waals surface area (Å²) in [7, 11) is 0. The lowest BCUT2D eigenvalue weighted by atomic mass is 9.57. The summed E-state index contributed by atoms with van der Waals surface area (Å²) in [5, 5.41) is 3.79. The van der Waals surface area contributed by atoms with Crippen LogP contribution in [0.25, 0.3) is 0 Å². The van der Waals surface area contributed by atoms with Gasteiger partial charge in [-0.25, -0.2) is 0 Å². The summed E-state index contributed by atoms with van der Waals surface area (Å²) in [6.07, 6.45) is 2.68. The lowest BCUT2D eigenvalue weighted by molar-refractivity contribution is -0.106. The largest absolute Gasteiger partial charge is 0.377 e. The fourth-order valence-corrected chi connectivity index (χ4v) is 4.67. The predicted octanol–water partition coefficient (Wildman–Crippen LogP) is 3.45. The molecule has 1 saturated carbocycles. The van der Waals surface area contributed by atoms with E-state index in [9.17, 15) is 0 Å². The molecule has 2 fully saturated rings. The Kier molecular flexibility index (Phi) is 5.12. The molecule has 1 aromatic rings. The highest BCUT2D eigenvalue weighted by Crippen LogP contribution is 2.52. The third-order valence-electron chi connectivity index (χ3n) is 5.84. The van der Waals surface area contributed by atoms with Crippen molar-refractivity contribution in [3.05, 3.63) is 29.8 Å². The van der Waals surface area contributed by atoms with Crippen LogP contribution < -0.4 is 10.2 Å². The first kappa shape index (κ1) is 18.0. The van der Waals surface area contributed by atoms with E-state index in [1.807, 2.05) is 0 Å². The van der Waals surface area contributed by atoms with Crippen molar-refractivity contribution in [3.8, 4) is 0 Å². The first-order valence-corrected chi connectivity index (χ1v) is 8.91. The molecule has 0 bridgehead atoms. The molecular formula is C19H28IN3O. The van der Waals surface area contributed by atoms with E-state index in [1.54, 1.807) is 0 Å². The Bertz CT molecular complexity index is 631. The number of rotatable bonds is 2.